The van der Waals surface area contributed by atoms with E-state index < -0.39 is 39.5 Å². The molecule has 9 nitrogen and oxygen atoms in total. The van der Waals surface area contributed by atoms with Gasteiger partial charge in [0.15, 0.2) is 23.2 Å². The molecule has 1 fully saturated rings. The molecular weight excluding hydrogens is 608 g/mol. The second-order valence-corrected chi connectivity index (χ2v) is 11.0. The molecule has 45 heavy (non-hydrogen) atoms. The number of hydrogen-bond acceptors (Lipinski definition) is 7. The Bertz CT molecular complexity index is 1850. The summed E-state index contributed by atoms with van der Waals surface area (Å²) in [7, 11) is 0. The lowest BCUT2D eigenvalue weighted by Gasteiger charge is -2.40. The van der Waals surface area contributed by atoms with Gasteiger partial charge < -0.3 is 24.3 Å². The summed E-state index contributed by atoms with van der Waals surface area (Å²) >= 11 is 0. The maximum absolute atomic E-state index is 15.1. The van der Waals surface area contributed by atoms with Gasteiger partial charge in [-0.2, -0.15) is 17.6 Å². The van der Waals surface area contributed by atoms with Gasteiger partial charge in [0, 0.05) is 55.6 Å². The van der Waals surface area contributed by atoms with Gasteiger partial charge in [0.25, 0.3) is 0 Å². The van der Waals surface area contributed by atoms with Gasteiger partial charge in [-0.25, -0.2) is 8.78 Å². The SMILES string of the molecule is O=c1c(CN(Cc2ccc(C(F)(F)F)cc2F)C2CCCN(c3ccc([N+](=O)[O-])nc3)C2)cn2c3c(c(F)c(F)cc13)OCC2. The summed E-state index contributed by atoms with van der Waals surface area (Å²) in [5, 5.41) is 11.0. The Morgan fingerprint density at radius 1 is 1.04 bits per heavy atom. The van der Waals surface area contributed by atoms with Crippen LogP contribution in [0.1, 0.15) is 29.5 Å². The Morgan fingerprint density at radius 3 is 2.51 bits per heavy atom. The van der Waals surface area contributed by atoms with E-state index in [4.69, 9.17) is 4.74 Å². The highest BCUT2D eigenvalue weighted by Gasteiger charge is 2.33. The number of benzene rings is 2. The second-order valence-electron chi connectivity index (χ2n) is 11.0. The molecule has 0 N–H and O–H groups in total. The summed E-state index contributed by atoms with van der Waals surface area (Å²) in [4.78, 5) is 31.7. The molecule has 1 atom stereocenters. The van der Waals surface area contributed by atoms with Crippen molar-refractivity contribution < 1.29 is 36.0 Å². The molecule has 15 heteroatoms. The fraction of sp³-hybridized carbons (Fsp3) is 0.333. The van der Waals surface area contributed by atoms with E-state index in [0.717, 1.165) is 18.2 Å². The molecule has 0 radical (unpaired) electrons. The molecule has 4 heterocycles. The molecule has 2 aromatic heterocycles. The smallest absolute Gasteiger partial charge is 0.416 e. The van der Waals surface area contributed by atoms with E-state index in [1.54, 1.807) is 15.5 Å². The molecule has 6 rings (SSSR count). The lowest BCUT2D eigenvalue weighted by molar-refractivity contribution is -0.389. The van der Waals surface area contributed by atoms with Gasteiger partial charge in [-0.05, 0) is 47.0 Å². The molecule has 0 aliphatic carbocycles. The van der Waals surface area contributed by atoms with Gasteiger partial charge >= 0.3 is 12.0 Å². The fourth-order valence-corrected chi connectivity index (χ4v) is 5.97. The van der Waals surface area contributed by atoms with Crippen molar-refractivity contribution in [3.8, 4) is 5.75 Å². The topological polar surface area (TPSA) is 93.7 Å². The van der Waals surface area contributed by atoms with Crippen LogP contribution in [0.2, 0.25) is 0 Å². The molecule has 0 spiro atoms. The van der Waals surface area contributed by atoms with E-state index in [1.165, 1.54) is 18.5 Å². The first-order chi connectivity index (χ1) is 21.4. The number of halogens is 6. The Kier molecular flexibility index (Phi) is 7.89. The normalized spacial score (nSPS) is 16.7. The largest absolute Gasteiger partial charge is 0.486 e. The van der Waals surface area contributed by atoms with Crippen LogP contribution in [0.15, 0.2) is 53.6 Å². The predicted molar refractivity (Wildman–Crippen MR) is 150 cm³/mol. The average molecular weight is 634 g/mol. The average Bonchev–Trinajstić information content (AvgIpc) is 3.01. The molecule has 0 bridgehead atoms. The van der Waals surface area contributed by atoms with Gasteiger partial charge in [0.1, 0.15) is 12.4 Å². The van der Waals surface area contributed by atoms with Crippen LogP contribution in [0.3, 0.4) is 0 Å². The van der Waals surface area contributed by atoms with Crippen molar-refractivity contribution in [2.75, 3.05) is 24.6 Å². The molecule has 1 unspecified atom stereocenters. The molecule has 2 aliphatic heterocycles. The third-order valence-corrected chi connectivity index (χ3v) is 8.19. The Labute approximate surface area is 251 Å². The van der Waals surface area contributed by atoms with E-state index >= 15 is 4.39 Å². The van der Waals surface area contributed by atoms with Crippen molar-refractivity contribution in [3.05, 3.63) is 103 Å². The quantitative estimate of drug-likeness (QED) is 0.144. The number of pyridine rings is 2. The monoisotopic (exact) mass is 633 g/mol. The van der Waals surface area contributed by atoms with E-state index in [0.29, 0.717) is 37.7 Å². The van der Waals surface area contributed by atoms with E-state index in [-0.39, 0.29) is 65.9 Å². The minimum atomic E-state index is -4.74. The Balaban J connectivity index is 1.37. The van der Waals surface area contributed by atoms with Gasteiger partial charge in [-0.1, -0.05) is 6.07 Å². The highest BCUT2D eigenvalue weighted by molar-refractivity contribution is 5.86. The van der Waals surface area contributed by atoms with Crippen molar-refractivity contribution in [1.29, 1.82) is 0 Å². The van der Waals surface area contributed by atoms with Gasteiger partial charge in [0.05, 0.1) is 28.7 Å². The number of hydrogen-bond donors (Lipinski definition) is 0. The number of anilines is 1. The van der Waals surface area contributed by atoms with Crippen LogP contribution in [0.5, 0.6) is 5.75 Å². The predicted octanol–water partition coefficient (Wildman–Crippen LogP) is 5.80. The van der Waals surface area contributed by atoms with Crippen LogP contribution in [0, 0.1) is 27.6 Å². The lowest BCUT2D eigenvalue weighted by Crippen LogP contribution is -2.48. The van der Waals surface area contributed by atoms with Crippen molar-refractivity contribution in [2.45, 2.75) is 44.7 Å². The van der Waals surface area contributed by atoms with Crippen molar-refractivity contribution in [1.82, 2.24) is 14.5 Å². The lowest BCUT2D eigenvalue weighted by atomic mass is 10.0. The minimum Gasteiger partial charge on any atom is -0.486 e. The summed E-state index contributed by atoms with van der Waals surface area (Å²) in [6, 6.07) is 5.57. The molecule has 0 amide bonds. The molecule has 2 aliphatic rings. The molecule has 0 saturated carbocycles. The summed E-state index contributed by atoms with van der Waals surface area (Å²) in [6.07, 6.45) is -0.626. The first kappa shape index (κ1) is 30.4. The first-order valence-electron chi connectivity index (χ1n) is 14.0. The van der Waals surface area contributed by atoms with Crippen molar-refractivity contribution in [2.24, 2.45) is 0 Å². The highest BCUT2D eigenvalue weighted by Crippen LogP contribution is 2.34. The Hall–Kier alpha value is -4.66. The van der Waals surface area contributed by atoms with E-state index in [9.17, 15) is 36.9 Å². The summed E-state index contributed by atoms with van der Waals surface area (Å²) in [5.74, 6) is -4.19. The number of nitrogens with zero attached hydrogens (tertiary/aromatic N) is 5. The first-order valence-corrected chi connectivity index (χ1v) is 14.0. The number of aromatic nitrogens is 2. The maximum Gasteiger partial charge on any atom is 0.416 e. The zero-order valence-electron chi connectivity index (χ0n) is 23.5. The molecular formula is C30H25F6N5O4. The molecule has 2 aromatic carbocycles. The Morgan fingerprint density at radius 2 is 1.82 bits per heavy atom. The zero-order valence-corrected chi connectivity index (χ0v) is 23.5. The van der Waals surface area contributed by atoms with E-state index in [2.05, 4.69) is 4.98 Å². The third-order valence-electron chi connectivity index (χ3n) is 8.19. The number of alkyl halides is 3. The van der Waals surface area contributed by atoms with Crippen LogP contribution in [-0.4, -0.2) is 45.1 Å². The van der Waals surface area contributed by atoms with Gasteiger partial charge in [0.2, 0.25) is 5.82 Å². The van der Waals surface area contributed by atoms with Crippen molar-refractivity contribution in [3.63, 3.8) is 0 Å². The number of piperidine rings is 1. The van der Waals surface area contributed by atoms with Gasteiger partial charge in [-0.15, -0.1) is 0 Å². The minimum absolute atomic E-state index is 0.0249. The fourth-order valence-electron chi connectivity index (χ4n) is 5.97. The van der Waals surface area contributed by atoms with Crippen molar-refractivity contribution >= 4 is 22.4 Å². The molecule has 1 saturated heterocycles. The molecule has 4 aromatic rings. The number of rotatable bonds is 7. The summed E-state index contributed by atoms with van der Waals surface area (Å²) < 4.78 is 90.6. The molecule has 236 valence electrons. The maximum atomic E-state index is 15.1. The van der Waals surface area contributed by atoms with Crippen LogP contribution in [0.25, 0.3) is 10.9 Å². The third kappa shape index (κ3) is 5.91. The highest BCUT2D eigenvalue weighted by atomic mass is 19.4. The van der Waals surface area contributed by atoms with E-state index in [1.807, 2.05) is 4.90 Å². The van der Waals surface area contributed by atoms with Crippen LogP contribution >= 0.6 is 0 Å². The van der Waals surface area contributed by atoms with Gasteiger partial charge in [-0.3, -0.25) is 9.69 Å². The van der Waals surface area contributed by atoms with Crippen LogP contribution in [-0.2, 0) is 25.8 Å². The van der Waals surface area contributed by atoms with Crippen LogP contribution < -0.4 is 15.1 Å². The second kappa shape index (κ2) is 11.7. The number of nitro groups is 1. The zero-order chi connectivity index (χ0) is 32.0. The summed E-state index contributed by atoms with van der Waals surface area (Å²) in [5.41, 5.74) is -0.832. The standard InChI is InChI=1S/C30H25F6N5O4/c31-23-10-19(30(34,35)36)4-3-17(23)13-40(21-2-1-7-38(16-21)20-5-6-25(37-12-20)41(43)44)15-18-14-39-8-9-45-29-26(33)24(32)11-22(27(29)39)28(18)42/h3-6,10-12,14,21H,1-2,7-9,13,15-16H2. The van der Waals surface area contributed by atoms with Crippen LogP contribution in [0.4, 0.5) is 37.8 Å². The number of ether oxygens (including phenoxy) is 1. The summed E-state index contributed by atoms with van der Waals surface area (Å²) in [6.45, 7) is 0.952.